The topological polar surface area (TPSA) is 29.5 Å². The molecule has 0 radical (unpaired) electrons. The zero-order chi connectivity index (χ0) is 14.0. The molecule has 3 nitrogen and oxygen atoms in total. The molecule has 4 heteroatoms. The molecular weight excluding hydrogens is 258 g/mol. The summed E-state index contributed by atoms with van der Waals surface area (Å²) < 4.78 is 5.68. The van der Waals surface area contributed by atoms with Gasteiger partial charge < -0.3 is 4.74 Å². The maximum atomic E-state index is 12.3. The van der Waals surface area contributed by atoms with E-state index in [-0.39, 0.29) is 16.8 Å². The monoisotopic (exact) mass is 279 g/mol. The van der Waals surface area contributed by atoms with E-state index in [2.05, 4.69) is 17.5 Å². The molecule has 0 aliphatic carbocycles. The molecule has 0 saturated carbocycles. The third-order valence-corrected chi connectivity index (χ3v) is 4.49. The van der Waals surface area contributed by atoms with Gasteiger partial charge in [0, 0.05) is 12.1 Å². The second-order valence-electron chi connectivity index (χ2n) is 5.59. The molecule has 1 saturated heterocycles. The summed E-state index contributed by atoms with van der Waals surface area (Å²) >= 11 is 4.59. The van der Waals surface area contributed by atoms with Crippen LogP contribution in [0, 0.1) is 6.92 Å². The van der Waals surface area contributed by atoms with Crippen molar-refractivity contribution in [1.29, 1.82) is 0 Å². The lowest BCUT2D eigenvalue weighted by Crippen LogP contribution is -2.55. The fraction of sp³-hybridized carbons (Fsp3) is 0.533. The summed E-state index contributed by atoms with van der Waals surface area (Å²) in [6, 6.07) is 7.71. The first-order chi connectivity index (χ1) is 8.90. The smallest absolute Gasteiger partial charge is 0.176 e. The number of ether oxygens (including phenoxy) is 1. The van der Waals surface area contributed by atoms with Crippen LogP contribution in [0.25, 0.3) is 0 Å². The normalized spacial score (nSPS) is 23.3. The van der Waals surface area contributed by atoms with Gasteiger partial charge in [-0.3, -0.25) is 9.69 Å². The van der Waals surface area contributed by atoms with Crippen LogP contribution in [0.15, 0.2) is 24.3 Å². The van der Waals surface area contributed by atoms with Crippen molar-refractivity contribution in [2.45, 2.75) is 31.7 Å². The minimum Gasteiger partial charge on any atom is -0.372 e. The Hall–Kier alpha value is -0.840. The summed E-state index contributed by atoms with van der Waals surface area (Å²) in [5, 5.41) is -0.0596. The Bertz CT molecular complexity index is 456. The van der Waals surface area contributed by atoms with Crippen LogP contribution in [-0.4, -0.2) is 41.4 Å². The lowest BCUT2D eigenvalue weighted by molar-refractivity contribution is -0.0950. The van der Waals surface area contributed by atoms with E-state index >= 15 is 0 Å². The highest BCUT2D eigenvalue weighted by Gasteiger charge is 2.36. The van der Waals surface area contributed by atoms with Crippen LogP contribution >= 0.6 is 12.6 Å². The maximum absolute atomic E-state index is 12.3. The van der Waals surface area contributed by atoms with E-state index < -0.39 is 0 Å². The Labute approximate surface area is 120 Å². The molecular formula is C15H21NO2S. The third-order valence-electron chi connectivity index (χ3n) is 3.54. The molecule has 0 amide bonds. The second kappa shape index (κ2) is 5.65. The number of morpholine rings is 1. The van der Waals surface area contributed by atoms with Crippen molar-refractivity contribution in [2.75, 3.05) is 19.7 Å². The predicted octanol–water partition coefficient (Wildman–Crippen LogP) is 2.54. The summed E-state index contributed by atoms with van der Waals surface area (Å²) in [4.78, 5) is 14.3. The van der Waals surface area contributed by atoms with Crippen LogP contribution in [0.5, 0.6) is 0 Å². The Morgan fingerprint density at radius 3 is 2.68 bits per heavy atom. The molecule has 19 heavy (non-hydrogen) atoms. The fourth-order valence-electron chi connectivity index (χ4n) is 2.24. The lowest BCUT2D eigenvalue weighted by Gasteiger charge is -2.43. The van der Waals surface area contributed by atoms with E-state index in [0.717, 1.165) is 17.7 Å². The zero-order valence-corrected chi connectivity index (χ0v) is 12.6. The Kier molecular flexibility index (Phi) is 4.33. The summed E-state index contributed by atoms with van der Waals surface area (Å²) in [5.41, 5.74) is 1.60. The second-order valence-corrected chi connectivity index (χ2v) is 6.07. The van der Waals surface area contributed by atoms with Gasteiger partial charge in [0.2, 0.25) is 0 Å². The van der Waals surface area contributed by atoms with Gasteiger partial charge >= 0.3 is 0 Å². The SMILES string of the molecule is Cc1ccc(C(=O)CN2CCOC(C)(C)C2S)cc1. The number of nitrogens with zero attached hydrogens (tertiary/aromatic N) is 1. The van der Waals surface area contributed by atoms with Crippen molar-refractivity contribution in [2.24, 2.45) is 0 Å². The summed E-state index contributed by atoms with van der Waals surface area (Å²) in [6.45, 7) is 7.81. The number of carbonyl (C=O) groups is 1. The van der Waals surface area contributed by atoms with Crippen molar-refractivity contribution in [1.82, 2.24) is 4.90 Å². The summed E-state index contributed by atoms with van der Waals surface area (Å²) in [5.74, 6) is 0.136. The number of hydrogen-bond donors (Lipinski definition) is 1. The van der Waals surface area contributed by atoms with Gasteiger partial charge in [0.25, 0.3) is 0 Å². The highest BCUT2D eigenvalue weighted by atomic mass is 32.1. The quantitative estimate of drug-likeness (QED) is 0.681. The number of Topliss-reactive ketones (excluding diaryl/α,β-unsaturated/α-hetero) is 1. The fourth-order valence-corrected chi connectivity index (χ4v) is 2.51. The van der Waals surface area contributed by atoms with Crippen molar-refractivity contribution in [3.8, 4) is 0 Å². The minimum absolute atomic E-state index is 0.0596. The van der Waals surface area contributed by atoms with Crippen LogP contribution in [0.3, 0.4) is 0 Å². The molecule has 1 atom stereocenters. The van der Waals surface area contributed by atoms with Crippen molar-refractivity contribution < 1.29 is 9.53 Å². The van der Waals surface area contributed by atoms with Crippen molar-refractivity contribution >= 4 is 18.4 Å². The first-order valence-corrected chi connectivity index (χ1v) is 7.08. The molecule has 1 aromatic carbocycles. The van der Waals surface area contributed by atoms with E-state index in [4.69, 9.17) is 4.74 Å². The molecule has 1 unspecified atom stereocenters. The molecule has 1 fully saturated rings. The van der Waals surface area contributed by atoms with Gasteiger partial charge in [-0.15, -0.1) is 0 Å². The van der Waals surface area contributed by atoms with Gasteiger partial charge in [-0.25, -0.2) is 0 Å². The summed E-state index contributed by atoms with van der Waals surface area (Å²) in [6.07, 6.45) is 0. The minimum atomic E-state index is -0.324. The van der Waals surface area contributed by atoms with Gasteiger partial charge in [-0.1, -0.05) is 29.8 Å². The average Bonchev–Trinajstić information content (AvgIpc) is 2.35. The van der Waals surface area contributed by atoms with Gasteiger partial charge in [0.15, 0.2) is 5.78 Å². The van der Waals surface area contributed by atoms with Gasteiger partial charge in [0.05, 0.1) is 24.1 Å². The molecule has 0 spiro atoms. The van der Waals surface area contributed by atoms with Crippen LogP contribution in [-0.2, 0) is 4.74 Å². The first kappa shape index (κ1) is 14.6. The van der Waals surface area contributed by atoms with Crippen LogP contribution < -0.4 is 0 Å². The van der Waals surface area contributed by atoms with Crippen molar-refractivity contribution in [3.63, 3.8) is 0 Å². The highest BCUT2D eigenvalue weighted by Crippen LogP contribution is 2.27. The third kappa shape index (κ3) is 3.38. The number of carbonyl (C=O) groups excluding carboxylic acids is 1. The molecule has 1 aliphatic rings. The molecule has 1 heterocycles. The van der Waals surface area contributed by atoms with Crippen LogP contribution in [0.1, 0.15) is 29.8 Å². The average molecular weight is 279 g/mol. The molecule has 0 bridgehead atoms. The molecule has 0 aromatic heterocycles. The molecule has 104 valence electrons. The number of aryl methyl sites for hydroxylation is 1. The van der Waals surface area contributed by atoms with E-state index in [1.54, 1.807) is 0 Å². The number of thiol groups is 1. The zero-order valence-electron chi connectivity index (χ0n) is 11.7. The number of hydrogen-bond acceptors (Lipinski definition) is 4. The number of rotatable bonds is 3. The Morgan fingerprint density at radius 1 is 1.42 bits per heavy atom. The molecule has 1 aliphatic heterocycles. The van der Waals surface area contributed by atoms with Gasteiger partial charge in [-0.2, -0.15) is 12.6 Å². The van der Waals surface area contributed by atoms with E-state index in [0.29, 0.717) is 13.2 Å². The standard InChI is InChI=1S/C15H21NO2S/c1-11-4-6-12(7-5-11)13(17)10-16-8-9-18-15(2,3)14(16)19/h4-7,14,19H,8-10H2,1-3H3. The predicted molar refractivity (Wildman–Crippen MR) is 79.9 cm³/mol. The van der Waals surface area contributed by atoms with Crippen molar-refractivity contribution in [3.05, 3.63) is 35.4 Å². The van der Waals surface area contributed by atoms with E-state index in [9.17, 15) is 4.79 Å². The highest BCUT2D eigenvalue weighted by molar-refractivity contribution is 7.81. The molecule has 2 rings (SSSR count). The molecule has 0 N–H and O–H groups in total. The van der Waals surface area contributed by atoms with Gasteiger partial charge in [-0.05, 0) is 20.8 Å². The van der Waals surface area contributed by atoms with E-state index in [1.807, 2.05) is 45.0 Å². The van der Waals surface area contributed by atoms with Crippen LogP contribution in [0.2, 0.25) is 0 Å². The molecule has 1 aromatic rings. The first-order valence-electron chi connectivity index (χ1n) is 6.56. The number of benzene rings is 1. The number of ketones is 1. The lowest BCUT2D eigenvalue weighted by atomic mass is 10.0. The largest absolute Gasteiger partial charge is 0.372 e. The Morgan fingerprint density at radius 2 is 2.05 bits per heavy atom. The van der Waals surface area contributed by atoms with Crippen LogP contribution in [0.4, 0.5) is 0 Å². The Balaban J connectivity index is 2.04. The van der Waals surface area contributed by atoms with Gasteiger partial charge in [0.1, 0.15) is 0 Å². The maximum Gasteiger partial charge on any atom is 0.176 e. The van der Waals surface area contributed by atoms with E-state index in [1.165, 1.54) is 0 Å². The summed E-state index contributed by atoms with van der Waals surface area (Å²) in [7, 11) is 0.